The van der Waals surface area contributed by atoms with E-state index < -0.39 is 6.09 Å². The third-order valence-corrected chi connectivity index (χ3v) is 7.30. The second-order valence-electron chi connectivity index (χ2n) is 9.43. The van der Waals surface area contributed by atoms with E-state index in [4.69, 9.17) is 16.6 Å². The predicted molar refractivity (Wildman–Crippen MR) is 129 cm³/mol. The minimum Gasteiger partial charge on any atom is -0.465 e. The van der Waals surface area contributed by atoms with Crippen LogP contribution < -0.4 is 10.2 Å². The van der Waals surface area contributed by atoms with Crippen LogP contribution in [-0.4, -0.2) is 49.7 Å². The van der Waals surface area contributed by atoms with Gasteiger partial charge in [0.1, 0.15) is 5.82 Å². The van der Waals surface area contributed by atoms with Gasteiger partial charge in [0.15, 0.2) is 0 Å². The molecule has 0 aliphatic carbocycles. The first-order valence-corrected chi connectivity index (χ1v) is 12.3. The predicted octanol–water partition coefficient (Wildman–Crippen LogP) is 4.82. The Hall–Kier alpha value is -2.58. The number of benzene rings is 1. The number of amides is 1. The van der Waals surface area contributed by atoms with Gasteiger partial charge in [0.2, 0.25) is 0 Å². The van der Waals surface area contributed by atoms with E-state index in [2.05, 4.69) is 28.0 Å². The molecule has 1 saturated heterocycles. The third kappa shape index (κ3) is 4.10. The molecule has 2 aromatic heterocycles. The first-order valence-electron chi connectivity index (χ1n) is 11.9. The number of carbonyl (C=O) groups is 1. The Morgan fingerprint density at radius 3 is 2.91 bits per heavy atom. The zero-order valence-corrected chi connectivity index (χ0v) is 19.9. The van der Waals surface area contributed by atoms with E-state index in [9.17, 15) is 9.90 Å². The lowest BCUT2D eigenvalue weighted by molar-refractivity contribution is 0.198. The molecule has 1 aromatic carbocycles. The highest BCUT2D eigenvalue weighted by atomic mass is 35.5. The van der Waals surface area contributed by atoms with Crippen molar-refractivity contribution in [1.29, 1.82) is 0 Å². The minimum absolute atomic E-state index is 0.0366. The number of halogens is 1. The highest BCUT2D eigenvalue weighted by Crippen LogP contribution is 2.39. The normalized spacial score (nSPS) is 22.2. The number of anilines is 1. The SMILES string of the molecule is C[C@H](Cn1cc(Cl)cn1)c1nc2c3c(ccc2n1[C@@H]1CCCNCC1)N(C(=O)O)[C@@H](C)CC3. The van der Waals surface area contributed by atoms with Crippen molar-refractivity contribution in [3.63, 3.8) is 0 Å². The van der Waals surface area contributed by atoms with E-state index in [-0.39, 0.29) is 12.0 Å². The summed E-state index contributed by atoms with van der Waals surface area (Å²) in [6.45, 7) is 6.87. The summed E-state index contributed by atoms with van der Waals surface area (Å²) in [5, 5.41) is 18.4. The average molecular weight is 471 g/mol. The molecule has 0 bridgehead atoms. The van der Waals surface area contributed by atoms with Crippen LogP contribution in [0.2, 0.25) is 5.02 Å². The maximum Gasteiger partial charge on any atom is 0.412 e. The van der Waals surface area contributed by atoms with Crippen LogP contribution in [0, 0.1) is 0 Å². The van der Waals surface area contributed by atoms with Crippen LogP contribution in [-0.2, 0) is 13.0 Å². The zero-order valence-electron chi connectivity index (χ0n) is 19.2. The van der Waals surface area contributed by atoms with Crippen molar-refractivity contribution in [2.45, 2.75) is 70.5 Å². The zero-order chi connectivity index (χ0) is 23.1. The van der Waals surface area contributed by atoms with Gasteiger partial charge in [0.25, 0.3) is 0 Å². The van der Waals surface area contributed by atoms with Crippen LogP contribution >= 0.6 is 11.6 Å². The molecule has 2 aliphatic rings. The standard InChI is InChI=1S/C24H31ClN6O2/c1-15(13-29-14-17(25)12-27-29)23-28-22-19-6-5-16(2)30(24(32)33)20(19)7-8-21(22)31(23)18-4-3-10-26-11-9-18/h7-8,12,14-16,18,26H,3-6,9-11,13H2,1-2H3,(H,32,33)/t15-,16+,18-/m1/s1. The van der Waals surface area contributed by atoms with Crippen molar-refractivity contribution in [3.05, 3.63) is 40.9 Å². The van der Waals surface area contributed by atoms with Gasteiger partial charge in [0, 0.05) is 29.8 Å². The maximum absolute atomic E-state index is 12.0. The lowest BCUT2D eigenvalue weighted by atomic mass is 9.95. The molecule has 8 nitrogen and oxygen atoms in total. The van der Waals surface area contributed by atoms with E-state index in [1.807, 2.05) is 23.9 Å². The second kappa shape index (κ2) is 8.99. The molecule has 3 atom stereocenters. The van der Waals surface area contributed by atoms with Crippen LogP contribution in [0.4, 0.5) is 10.5 Å². The average Bonchev–Trinajstić information content (AvgIpc) is 3.26. The molecule has 0 radical (unpaired) electrons. The Morgan fingerprint density at radius 2 is 2.15 bits per heavy atom. The molecule has 1 amide bonds. The Morgan fingerprint density at radius 1 is 1.30 bits per heavy atom. The smallest absolute Gasteiger partial charge is 0.412 e. The van der Waals surface area contributed by atoms with E-state index in [0.29, 0.717) is 17.6 Å². The highest BCUT2D eigenvalue weighted by Gasteiger charge is 2.32. The molecule has 0 unspecified atom stereocenters. The van der Waals surface area contributed by atoms with Crippen molar-refractivity contribution >= 4 is 34.4 Å². The maximum atomic E-state index is 12.0. The molecule has 4 heterocycles. The Kier molecular flexibility index (Phi) is 6.05. The van der Waals surface area contributed by atoms with Crippen LogP contribution in [0.15, 0.2) is 24.5 Å². The molecule has 0 spiro atoms. The Balaban J connectivity index is 1.64. The van der Waals surface area contributed by atoms with Gasteiger partial charge >= 0.3 is 6.09 Å². The number of rotatable bonds is 4. The van der Waals surface area contributed by atoms with Crippen molar-refractivity contribution in [2.75, 3.05) is 18.0 Å². The Bertz CT molecular complexity index is 1160. The van der Waals surface area contributed by atoms with Crippen molar-refractivity contribution in [3.8, 4) is 0 Å². The monoisotopic (exact) mass is 470 g/mol. The van der Waals surface area contributed by atoms with Gasteiger partial charge in [-0.2, -0.15) is 5.10 Å². The first-order chi connectivity index (χ1) is 15.9. The second-order valence-corrected chi connectivity index (χ2v) is 9.86. The molecular formula is C24H31ClN6O2. The van der Waals surface area contributed by atoms with Gasteiger partial charge in [0.05, 0.1) is 34.5 Å². The van der Waals surface area contributed by atoms with Crippen molar-refractivity contribution < 1.29 is 9.90 Å². The van der Waals surface area contributed by atoms with E-state index in [1.54, 1.807) is 6.20 Å². The van der Waals surface area contributed by atoms with Crippen LogP contribution in [0.3, 0.4) is 0 Å². The van der Waals surface area contributed by atoms with E-state index in [0.717, 1.165) is 73.3 Å². The lowest BCUT2D eigenvalue weighted by Gasteiger charge is -2.33. The lowest BCUT2D eigenvalue weighted by Crippen LogP contribution is -2.41. The van der Waals surface area contributed by atoms with E-state index >= 15 is 0 Å². The van der Waals surface area contributed by atoms with Gasteiger partial charge in [-0.05, 0) is 64.3 Å². The quantitative estimate of drug-likeness (QED) is 0.570. The molecule has 5 rings (SSSR count). The molecule has 3 aromatic rings. The highest BCUT2D eigenvalue weighted by molar-refractivity contribution is 6.30. The summed E-state index contributed by atoms with van der Waals surface area (Å²) in [6.07, 6.45) is 7.51. The fourth-order valence-corrected chi connectivity index (χ4v) is 5.65. The fourth-order valence-electron chi connectivity index (χ4n) is 5.50. The Labute approximate surface area is 198 Å². The molecule has 33 heavy (non-hydrogen) atoms. The number of hydrogen-bond acceptors (Lipinski definition) is 4. The molecule has 2 N–H and O–H groups in total. The van der Waals surface area contributed by atoms with Crippen LogP contribution in [0.25, 0.3) is 11.0 Å². The molecule has 176 valence electrons. The largest absolute Gasteiger partial charge is 0.465 e. The van der Waals surface area contributed by atoms with Gasteiger partial charge in [-0.25, -0.2) is 9.78 Å². The molecule has 0 saturated carbocycles. The summed E-state index contributed by atoms with van der Waals surface area (Å²) in [5.74, 6) is 1.16. The van der Waals surface area contributed by atoms with Crippen LogP contribution in [0.1, 0.15) is 62.9 Å². The fraction of sp³-hybridized carbons (Fsp3) is 0.542. The summed E-state index contributed by atoms with van der Waals surface area (Å²) in [7, 11) is 0. The summed E-state index contributed by atoms with van der Waals surface area (Å²) >= 11 is 6.09. The summed E-state index contributed by atoms with van der Waals surface area (Å²) in [4.78, 5) is 18.7. The third-order valence-electron chi connectivity index (χ3n) is 7.10. The summed E-state index contributed by atoms with van der Waals surface area (Å²) in [6, 6.07) is 4.38. The molecule has 2 aliphatic heterocycles. The minimum atomic E-state index is -0.902. The summed E-state index contributed by atoms with van der Waals surface area (Å²) in [5.41, 5.74) is 3.89. The number of nitrogens with one attached hydrogen (secondary N) is 1. The van der Waals surface area contributed by atoms with Crippen molar-refractivity contribution in [2.24, 2.45) is 0 Å². The number of fused-ring (bicyclic) bond motifs is 3. The molecule has 1 fully saturated rings. The van der Waals surface area contributed by atoms with Crippen molar-refractivity contribution in [1.82, 2.24) is 24.6 Å². The number of nitrogens with zero attached hydrogens (tertiary/aromatic N) is 5. The number of hydrogen-bond donors (Lipinski definition) is 2. The number of aromatic nitrogens is 4. The number of aryl methyl sites for hydroxylation is 1. The number of imidazole rings is 1. The van der Waals surface area contributed by atoms with Gasteiger partial charge < -0.3 is 15.0 Å². The van der Waals surface area contributed by atoms with Crippen LogP contribution in [0.5, 0.6) is 0 Å². The molecular weight excluding hydrogens is 440 g/mol. The summed E-state index contributed by atoms with van der Waals surface area (Å²) < 4.78 is 4.30. The molecule has 9 heteroatoms. The number of carboxylic acid groups (broad SMARTS) is 1. The van der Waals surface area contributed by atoms with Gasteiger partial charge in [-0.3, -0.25) is 9.58 Å². The van der Waals surface area contributed by atoms with Gasteiger partial charge in [-0.1, -0.05) is 18.5 Å². The first kappa shape index (κ1) is 22.2. The topological polar surface area (TPSA) is 88.2 Å². The van der Waals surface area contributed by atoms with E-state index in [1.165, 1.54) is 4.90 Å². The van der Waals surface area contributed by atoms with Gasteiger partial charge in [-0.15, -0.1) is 0 Å².